The summed E-state index contributed by atoms with van der Waals surface area (Å²) in [5, 5.41) is 11.6. The third-order valence-corrected chi connectivity index (χ3v) is 3.45. The molecule has 122 valence electrons. The first kappa shape index (κ1) is 17.2. The van der Waals surface area contributed by atoms with Gasteiger partial charge in [0, 0.05) is 0 Å². The van der Waals surface area contributed by atoms with Gasteiger partial charge >= 0.3 is 5.97 Å². The highest BCUT2D eigenvalue weighted by molar-refractivity contribution is 5.96. The molecular weight excluding hydrogens is 304 g/mol. The van der Waals surface area contributed by atoms with Crippen LogP contribution in [0.25, 0.3) is 0 Å². The summed E-state index contributed by atoms with van der Waals surface area (Å²) in [6.07, 6.45) is -0.846. The summed E-state index contributed by atoms with van der Waals surface area (Å²) in [6.45, 7) is 3.46. The second-order valence-electron chi connectivity index (χ2n) is 5.44. The number of anilines is 1. The van der Waals surface area contributed by atoms with Crippen LogP contribution in [0.5, 0.6) is 0 Å². The standard InChI is InChI=1S/C19H18N2O3/c1-13-7-9-15(10-8-13)11-18(22)24-14(2)19(23)21-17-6-4-3-5-16(17)12-20/h3-10,14H,11H2,1-2H3,(H,21,23)/t14-/m1/s1. The van der Waals surface area contributed by atoms with Crippen molar-refractivity contribution in [3.05, 3.63) is 65.2 Å². The van der Waals surface area contributed by atoms with Gasteiger partial charge in [-0.1, -0.05) is 42.0 Å². The fourth-order valence-electron chi connectivity index (χ4n) is 2.09. The number of hydrogen-bond acceptors (Lipinski definition) is 4. The van der Waals surface area contributed by atoms with Crippen LogP contribution in [0.15, 0.2) is 48.5 Å². The molecule has 0 saturated heterocycles. The Morgan fingerprint density at radius 2 is 1.83 bits per heavy atom. The lowest BCUT2D eigenvalue weighted by Gasteiger charge is -2.14. The van der Waals surface area contributed by atoms with E-state index in [0.29, 0.717) is 11.3 Å². The van der Waals surface area contributed by atoms with Crippen LogP contribution in [0.3, 0.4) is 0 Å². The number of hydrogen-bond donors (Lipinski definition) is 1. The zero-order valence-electron chi connectivity index (χ0n) is 13.6. The second kappa shape index (κ2) is 7.93. The molecule has 0 aliphatic heterocycles. The minimum absolute atomic E-state index is 0.104. The van der Waals surface area contributed by atoms with Gasteiger partial charge in [0.25, 0.3) is 5.91 Å². The van der Waals surface area contributed by atoms with Gasteiger partial charge < -0.3 is 10.1 Å². The van der Waals surface area contributed by atoms with Crippen LogP contribution in [0.1, 0.15) is 23.6 Å². The molecule has 0 aliphatic rings. The molecule has 0 fully saturated rings. The van der Waals surface area contributed by atoms with Crippen LogP contribution in [-0.2, 0) is 20.7 Å². The lowest BCUT2D eigenvalue weighted by Crippen LogP contribution is -2.30. The average molecular weight is 322 g/mol. The monoisotopic (exact) mass is 322 g/mol. The maximum atomic E-state index is 12.1. The molecule has 5 nitrogen and oxygen atoms in total. The Morgan fingerprint density at radius 1 is 1.17 bits per heavy atom. The van der Waals surface area contributed by atoms with Crippen molar-refractivity contribution < 1.29 is 14.3 Å². The summed E-state index contributed by atoms with van der Waals surface area (Å²) in [5.41, 5.74) is 2.68. The van der Waals surface area contributed by atoms with Crippen molar-refractivity contribution in [2.24, 2.45) is 0 Å². The van der Waals surface area contributed by atoms with E-state index in [9.17, 15) is 9.59 Å². The molecule has 0 spiro atoms. The number of nitrogens with zero attached hydrogens (tertiary/aromatic N) is 1. The van der Waals surface area contributed by atoms with Gasteiger partial charge in [-0.15, -0.1) is 0 Å². The first-order valence-electron chi connectivity index (χ1n) is 7.54. The SMILES string of the molecule is Cc1ccc(CC(=O)O[C@H](C)C(=O)Nc2ccccc2C#N)cc1. The molecule has 2 rings (SSSR count). The molecule has 0 radical (unpaired) electrons. The molecule has 1 amide bonds. The van der Waals surface area contributed by atoms with Gasteiger partial charge in [0.05, 0.1) is 17.7 Å². The van der Waals surface area contributed by atoms with Crippen LogP contribution in [0.4, 0.5) is 5.69 Å². The quantitative estimate of drug-likeness (QED) is 0.858. The predicted molar refractivity (Wildman–Crippen MR) is 90.2 cm³/mol. The number of nitrogens with one attached hydrogen (secondary N) is 1. The zero-order chi connectivity index (χ0) is 17.5. The molecule has 0 aromatic heterocycles. The fraction of sp³-hybridized carbons (Fsp3) is 0.211. The van der Waals surface area contributed by atoms with Gasteiger partial charge in [-0.2, -0.15) is 5.26 Å². The number of esters is 1. The Labute approximate surface area is 140 Å². The van der Waals surface area contributed by atoms with Gasteiger partial charge in [-0.3, -0.25) is 9.59 Å². The molecule has 0 bridgehead atoms. The molecule has 0 heterocycles. The zero-order valence-corrected chi connectivity index (χ0v) is 13.6. The largest absolute Gasteiger partial charge is 0.452 e. The molecular formula is C19H18N2O3. The first-order valence-corrected chi connectivity index (χ1v) is 7.54. The van der Waals surface area contributed by atoms with Crippen molar-refractivity contribution in [2.45, 2.75) is 26.4 Å². The average Bonchev–Trinajstić information content (AvgIpc) is 2.57. The number of rotatable bonds is 5. The number of aryl methyl sites for hydroxylation is 1. The van der Waals surface area contributed by atoms with Crippen molar-refractivity contribution in [1.29, 1.82) is 5.26 Å². The van der Waals surface area contributed by atoms with E-state index in [1.54, 1.807) is 24.3 Å². The topological polar surface area (TPSA) is 79.2 Å². The summed E-state index contributed by atoms with van der Waals surface area (Å²) in [6, 6.07) is 16.2. The fourth-order valence-corrected chi connectivity index (χ4v) is 2.09. The normalized spacial score (nSPS) is 11.2. The van der Waals surface area contributed by atoms with Gasteiger partial charge in [-0.25, -0.2) is 0 Å². The Hall–Kier alpha value is -3.13. The van der Waals surface area contributed by atoms with E-state index in [1.165, 1.54) is 6.92 Å². The van der Waals surface area contributed by atoms with E-state index in [0.717, 1.165) is 11.1 Å². The highest BCUT2D eigenvalue weighted by Gasteiger charge is 2.19. The van der Waals surface area contributed by atoms with Gasteiger partial charge in [-0.05, 0) is 31.5 Å². The van der Waals surface area contributed by atoms with Crippen molar-refractivity contribution in [1.82, 2.24) is 0 Å². The van der Waals surface area contributed by atoms with Crippen molar-refractivity contribution >= 4 is 17.6 Å². The Morgan fingerprint density at radius 3 is 2.50 bits per heavy atom. The Bertz CT molecular complexity index is 776. The van der Waals surface area contributed by atoms with Crippen LogP contribution >= 0.6 is 0 Å². The minimum Gasteiger partial charge on any atom is -0.452 e. The lowest BCUT2D eigenvalue weighted by atomic mass is 10.1. The van der Waals surface area contributed by atoms with Crippen LogP contribution in [-0.4, -0.2) is 18.0 Å². The summed E-state index contributed by atoms with van der Waals surface area (Å²) in [7, 11) is 0. The molecule has 5 heteroatoms. The molecule has 1 atom stereocenters. The van der Waals surface area contributed by atoms with Crippen LogP contribution in [0, 0.1) is 18.3 Å². The van der Waals surface area contributed by atoms with E-state index in [-0.39, 0.29) is 6.42 Å². The summed E-state index contributed by atoms with van der Waals surface area (Å²) in [5.74, 6) is -0.954. The lowest BCUT2D eigenvalue weighted by molar-refractivity contribution is -0.152. The number of nitriles is 1. The van der Waals surface area contributed by atoms with Crippen LogP contribution in [0.2, 0.25) is 0 Å². The van der Waals surface area contributed by atoms with Gasteiger partial charge in [0.15, 0.2) is 6.10 Å². The molecule has 2 aromatic rings. The van der Waals surface area contributed by atoms with E-state index in [1.807, 2.05) is 37.3 Å². The molecule has 1 N–H and O–H groups in total. The summed E-state index contributed by atoms with van der Waals surface area (Å²) >= 11 is 0. The molecule has 2 aromatic carbocycles. The number of carbonyl (C=O) groups is 2. The summed E-state index contributed by atoms with van der Waals surface area (Å²) < 4.78 is 5.16. The molecule has 24 heavy (non-hydrogen) atoms. The minimum atomic E-state index is -0.949. The maximum absolute atomic E-state index is 12.1. The second-order valence-corrected chi connectivity index (χ2v) is 5.44. The van der Waals surface area contributed by atoms with Gasteiger partial charge in [0.1, 0.15) is 6.07 Å². The maximum Gasteiger partial charge on any atom is 0.311 e. The highest BCUT2D eigenvalue weighted by Crippen LogP contribution is 2.14. The summed E-state index contributed by atoms with van der Waals surface area (Å²) in [4.78, 5) is 24.0. The van der Waals surface area contributed by atoms with Gasteiger partial charge in [0.2, 0.25) is 0 Å². The Kier molecular flexibility index (Phi) is 5.69. The Balaban J connectivity index is 1.92. The highest BCUT2D eigenvalue weighted by atomic mass is 16.5. The first-order chi connectivity index (χ1) is 11.5. The van der Waals surface area contributed by atoms with Crippen molar-refractivity contribution in [2.75, 3.05) is 5.32 Å². The van der Waals surface area contributed by atoms with Crippen molar-refractivity contribution in [3.8, 4) is 6.07 Å². The third-order valence-electron chi connectivity index (χ3n) is 3.45. The molecule has 0 aliphatic carbocycles. The van der Waals surface area contributed by atoms with E-state index in [2.05, 4.69) is 5.32 Å². The number of para-hydroxylation sites is 1. The molecule has 0 unspecified atom stereocenters. The van der Waals surface area contributed by atoms with Crippen LogP contribution < -0.4 is 5.32 Å². The molecule has 0 saturated carbocycles. The number of benzene rings is 2. The smallest absolute Gasteiger partial charge is 0.311 e. The predicted octanol–water partition coefficient (Wildman–Crippen LogP) is 2.98. The van der Waals surface area contributed by atoms with Crippen molar-refractivity contribution in [3.63, 3.8) is 0 Å². The van der Waals surface area contributed by atoms with E-state index >= 15 is 0 Å². The van der Waals surface area contributed by atoms with E-state index < -0.39 is 18.0 Å². The number of amides is 1. The number of ether oxygens (including phenoxy) is 1. The van der Waals surface area contributed by atoms with E-state index in [4.69, 9.17) is 10.00 Å². The number of carbonyl (C=O) groups excluding carboxylic acids is 2. The third kappa shape index (κ3) is 4.68.